The smallest absolute Gasteiger partial charge is 0.346 e. The molecule has 0 saturated heterocycles. The molecule has 114 valence electrons. The van der Waals surface area contributed by atoms with Gasteiger partial charge in [0.15, 0.2) is 5.78 Å². The molecular formula is C14H19N3O3S. The van der Waals surface area contributed by atoms with Crippen molar-refractivity contribution in [2.75, 3.05) is 5.75 Å². The van der Waals surface area contributed by atoms with Crippen LogP contribution in [0, 0.1) is 6.92 Å². The van der Waals surface area contributed by atoms with Crippen LogP contribution in [0.5, 0.6) is 0 Å². The highest BCUT2D eigenvalue weighted by atomic mass is 32.2. The number of amides is 1. The number of ketones is 1. The number of nitrogens with one attached hydrogen (secondary N) is 2. The van der Waals surface area contributed by atoms with Crippen molar-refractivity contribution in [2.45, 2.75) is 50.6 Å². The third-order valence-corrected chi connectivity index (χ3v) is 4.47. The second-order valence-corrected chi connectivity index (χ2v) is 6.20. The zero-order valence-corrected chi connectivity index (χ0v) is 13.0. The van der Waals surface area contributed by atoms with E-state index in [0.29, 0.717) is 16.3 Å². The number of H-pyrrole nitrogens is 1. The van der Waals surface area contributed by atoms with E-state index in [1.807, 2.05) is 0 Å². The Hall–Kier alpha value is -1.63. The van der Waals surface area contributed by atoms with E-state index >= 15 is 0 Å². The number of nitrogens with zero attached hydrogens (tertiary/aromatic N) is 1. The van der Waals surface area contributed by atoms with E-state index in [0.717, 1.165) is 37.4 Å². The van der Waals surface area contributed by atoms with Crippen LogP contribution in [-0.2, 0) is 4.79 Å². The zero-order chi connectivity index (χ0) is 15.4. The highest BCUT2D eigenvalue weighted by Crippen LogP contribution is 2.22. The Morgan fingerprint density at radius 3 is 2.67 bits per heavy atom. The number of aromatic nitrogens is 2. The van der Waals surface area contributed by atoms with Crippen LogP contribution in [0.2, 0.25) is 0 Å². The van der Waals surface area contributed by atoms with E-state index in [1.165, 1.54) is 6.92 Å². The van der Waals surface area contributed by atoms with Crippen LogP contribution >= 0.6 is 11.8 Å². The molecule has 0 atom stereocenters. The summed E-state index contributed by atoms with van der Waals surface area (Å²) in [6, 6.07) is 0.263. The lowest BCUT2D eigenvalue weighted by Crippen LogP contribution is -2.34. The minimum absolute atomic E-state index is 0.0823. The average Bonchev–Trinajstić information content (AvgIpc) is 2.87. The fourth-order valence-corrected chi connectivity index (χ4v) is 3.49. The summed E-state index contributed by atoms with van der Waals surface area (Å²) < 4.78 is 0. The normalized spacial score (nSPS) is 15.1. The first-order valence-electron chi connectivity index (χ1n) is 7.01. The third-order valence-electron chi connectivity index (χ3n) is 3.50. The minimum Gasteiger partial charge on any atom is -0.353 e. The van der Waals surface area contributed by atoms with Crippen molar-refractivity contribution in [2.24, 2.45) is 0 Å². The maximum Gasteiger partial charge on any atom is 0.346 e. The SMILES string of the molecule is CC(=O)c1c(SCC(=O)NC2CCCC2)nc(=O)[nH]c1C. The van der Waals surface area contributed by atoms with Gasteiger partial charge in [0.2, 0.25) is 5.91 Å². The highest BCUT2D eigenvalue weighted by molar-refractivity contribution is 8.00. The third kappa shape index (κ3) is 4.17. The van der Waals surface area contributed by atoms with Crippen LogP contribution in [0.4, 0.5) is 0 Å². The van der Waals surface area contributed by atoms with E-state index < -0.39 is 5.69 Å². The Morgan fingerprint density at radius 1 is 1.38 bits per heavy atom. The molecule has 0 aliphatic heterocycles. The van der Waals surface area contributed by atoms with Gasteiger partial charge in [0.25, 0.3) is 0 Å². The largest absolute Gasteiger partial charge is 0.353 e. The van der Waals surface area contributed by atoms with Crippen LogP contribution in [0.15, 0.2) is 9.82 Å². The Kier molecular flexibility index (Phi) is 5.17. The van der Waals surface area contributed by atoms with Crippen molar-refractivity contribution >= 4 is 23.5 Å². The van der Waals surface area contributed by atoms with Crippen LogP contribution in [0.3, 0.4) is 0 Å². The summed E-state index contributed by atoms with van der Waals surface area (Å²) >= 11 is 1.13. The van der Waals surface area contributed by atoms with Crippen molar-refractivity contribution in [3.05, 3.63) is 21.7 Å². The van der Waals surface area contributed by atoms with Crippen molar-refractivity contribution in [3.63, 3.8) is 0 Å². The average molecular weight is 309 g/mol. The van der Waals surface area contributed by atoms with E-state index in [9.17, 15) is 14.4 Å². The van der Waals surface area contributed by atoms with Crippen molar-refractivity contribution in [3.8, 4) is 0 Å². The molecule has 1 aliphatic carbocycles. The summed E-state index contributed by atoms with van der Waals surface area (Å²) in [6.07, 6.45) is 4.36. The van der Waals surface area contributed by atoms with Crippen LogP contribution in [0.25, 0.3) is 0 Å². The van der Waals surface area contributed by atoms with Crippen molar-refractivity contribution < 1.29 is 9.59 Å². The molecule has 1 fully saturated rings. The van der Waals surface area contributed by atoms with E-state index in [2.05, 4.69) is 15.3 Å². The monoisotopic (exact) mass is 309 g/mol. The van der Waals surface area contributed by atoms with Gasteiger partial charge in [-0.3, -0.25) is 9.59 Å². The van der Waals surface area contributed by atoms with Crippen LogP contribution in [-0.4, -0.2) is 33.5 Å². The highest BCUT2D eigenvalue weighted by Gasteiger charge is 2.19. The molecule has 2 N–H and O–H groups in total. The predicted molar refractivity (Wildman–Crippen MR) is 80.7 cm³/mol. The molecule has 6 nitrogen and oxygen atoms in total. The molecule has 0 spiro atoms. The molecule has 0 aromatic carbocycles. The van der Waals surface area contributed by atoms with Gasteiger partial charge in [0.1, 0.15) is 5.03 Å². The topological polar surface area (TPSA) is 91.9 Å². The maximum atomic E-state index is 11.9. The first-order valence-corrected chi connectivity index (χ1v) is 8.00. The quantitative estimate of drug-likeness (QED) is 0.488. The summed E-state index contributed by atoms with van der Waals surface area (Å²) in [7, 11) is 0. The van der Waals surface area contributed by atoms with Gasteiger partial charge in [-0.2, -0.15) is 4.98 Å². The van der Waals surface area contributed by atoms with Gasteiger partial charge >= 0.3 is 5.69 Å². The molecule has 0 radical (unpaired) electrons. The molecule has 1 saturated carbocycles. The lowest BCUT2D eigenvalue weighted by atomic mass is 10.2. The Balaban J connectivity index is 2.03. The molecule has 2 rings (SSSR count). The molecule has 0 unspecified atom stereocenters. The van der Waals surface area contributed by atoms with E-state index in [-0.39, 0.29) is 23.5 Å². The Labute approximate surface area is 127 Å². The molecule has 1 aromatic heterocycles. The number of carbonyl (C=O) groups is 2. The maximum absolute atomic E-state index is 11.9. The predicted octanol–water partition coefficient (Wildman–Crippen LogP) is 1.43. The molecule has 1 aromatic rings. The first kappa shape index (κ1) is 15.8. The van der Waals surface area contributed by atoms with Gasteiger partial charge in [-0.25, -0.2) is 4.79 Å². The van der Waals surface area contributed by atoms with Crippen LogP contribution in [0.1, 0.15) is 48.7 Å². The molecule has 7 heteroatoms. The number of Topliss-reactive ketones (excluding diaryl/α,β-unsaturated/α-hetero) is 1. The molecule has 21 heavy (non-hydrogen) atoms. The summed E-state index contributed by atoms with van der Waals surface area (Å²) in [4.78, 5) is 41.3. The lowest BCUT2D eigenvalue weighted by Gasteiger charge is -2.12. The van der Waals surface area contributed by atoms with E-state index in [1.54, 1.807) is 6.92 Å². The molecule has 1 amide bonds. The standard InChI is InChI=1S/C14H19N3O3S/c1-8-12(9(2)18)13(17-14(20)15-8)21-7-11(19)16-10-5-3-4-6-10/h10H,3-7H2,1-2H3,(H,16,19)(H,15,17,20). The number of aryl methyl sites for hydroxylation is 1. The number of carbonyl (C=O) groups excluding carboxylic acids is 2. The van der Waals surface area contributed by atoms with Gasteiger partial charge in [0.05, 0.1) is 11.3 Å². The molecule has 1 aliphatic rings. The van der Waals surface area contributed by atoms with Gasteiger partial charge in [-0.05, 0) is 26.7 Å². The lowest BCUT2D eigenvalue weighted by molar-refractivity contribution is -0.119. The zero-order valence-electron chi connectivity index (χ0n) is 12.2. The minimum atomic E-state index is -0.504. The number of hydrogen-bond donors (Lipinski definition) is 2. The molecular weight excluding hydrogens is 290 g/mol. The second kappa shape index (κ2) is 6.89. The fraction of sp³-hybridized carbons (Fsp3) is 0.571. The second-order valence-electron chi connectivity index (χ2n) is 5.24. The summed E-state index contributed by atoms with van der Waals surface area (Å²) in [5.41, 5.74) is 0.366. The van der Waals surface area contributed by atoms with Gasteiger partial charge in [-0.1, -0.05) is 24.6 Å². The van der Waals surface area contributed by atoms with Crippen molar-refractivity contribution in [1.29, 1.82) is 0 Å². The number of thioether (sulfide) groups is 1. The Bertz CT molecular complexity index is 606. The fourth-order valence-electron chi connectivity index (χ4n) is 2.55. The van der Waals surface area contributed by atoms with E-state index in [4.69, 9.17) is 0 Å². The first-order chi connectivity index (χ1) is 9.97. The van der Waals surface area contributed by atoms with Gasteiger partial charge in [-0.15, -0.1) is 0 Å². The number of rotatable bonds is 5. The number of aromatic amines is 1. The van der Waals surface area contributed by atoms with Crippen molar-refractivity contribution in [1.82, 2.24) is 15.3 Å². The summed E-state index contributed by atoms with van der Waals surface area (Å²) in [6.45, 7) is 3.08. The van der Waals surface area contributed by atoms with Gasteiger partial charge in [0, 0.05) is 11.7 Å². The molecule has 0 bridgehead atoms. The van der Waals surface area contributed by atoms with Gasteiger partial charge < -0.3 is 10.3 Å². The summed E-state index contributed by atoms with van der Waals surface area (Å²) in [5, 5.41) is 3.29. The van der Waals surface area contributed by atoms with Crippen LogP contribution < -0.4 is 11.0 Å². The number of hydrogen-bond acceptors (Lipinski definition) is 5. The molecule has 1 heterocycles. The Morgan fingerprint density at radius 2 is 2.05 bits per heavy atom. The summed E-state index contributed by atoms with van der Waals surface area (Å²) in [5.74, 6) is -0.0942.